The smallest absolute Gasteiger partial charge is 0.262 e. The van der Waals surface area contributed by atoms with Gasteiger partial charge in [0.05, 0.1) is 15.7 Å². The summed E-state index contributed by atoms with van der Waals surface area (Å²) in [5.41, 5.74) is -1.06. The minimum Gasteiger partial charge on any atom is -0.274 e. The average molecular weight is 423 g/mol. The van der Waals surface area contributed by atoms with Crippen LogP contribution in [0.5, 0.6) is 0 Å². The SMILES string of the molecule is Cc1ccc(S(=O)(=O)Nc2c(F)c(F)c3c(F)c(F)c(F)c(F)c3c2F)cc1. The van der Waals surface area contributed by atoms with Crippen molar-refractivity contribution in [3.8, 4) is 0 Å². The largest absolute Gasteiger partial charge is 0.274 e. The number of hydrogen-bond donors (Lipinski definition) is 1. The molecule has 0 radical (unpaired) electrons. The van der Waals surface area contributed by atoms with Crippen LogP contribution in [-0.2, 0) is 10.0 Å². The first-order valence-electron chi connectivity index (χ1n) is 7.39. The second-order valence-electron chi connectivity index (χ2n) is 5.74. The monoisotopic (exact) mass is 423 g/mol. The van der Waals surface area contributed by atoms with Crippen LogP contribution in [0, 0.1) is 47.6 Å². The van der Waals surface area contributed by atoms with Crippen LogP contribution in [0.1, 0.15) is 5.56 Å². The van der Waals surface area contributed by atoms with Gasteiger partial charge in [0.1, 0.15) is 5.69 Å². The lowest BCUT2D eigenvalue weighted by molar-refractivity contribution is 0.412. The molecule has 0 amide bonds. The van der Waals surface area contributed by atoms with E-state index in [2.05, 4.69) is 0 Å². The van der Waals surface area contributed by atoms with Crippen molar-refractivity contribution in [1.82, 2.24) is 0 Å². The Hall–Kier alpha value is -2.82. The molecule has 0 fully saturated rings. The quantitative estimate of drug-likeness (QED) is 0.369. The normalized spacial score (nSPS) is 11.9. The Morgan fingerprint density at radius 2 is 1.07 bits per heavy atom. The fourth-order valence-corrected chi connectivity index (χ4v) is 3.55. The van der Waals surface area contributed by atoms with E-state index in [4.69, 9.17) is 0 Å². The molecule has 0 unspecified atom stereocenters. The van der Waals surface area contributed by atoms with Crippen molar-refractivity contribution in [1.29, 1.82) is 0 Å². The summed E-state index contributed by atoms with van der Waals surface area (Å²) < 4.78 is 123. The molecule has 3 aromatic carbocycles. The van der Waals surface area contributed by atoms with Gasteiger partial charge in [-0.25, -0.2) is 39.2 Å². The van der Waals surface area contributed by atoms with Crippen molar-refractivity contribution in [2.45, 2.75) is 11.8 Å². The summed E-state index contributed by atoms with van der Waals surface area (Å²) in [7, 11) is -4.68. The third-order valence-corrected chi connectivity index (χ3v) is 5.27. The highest BCUT2D eigenvalue weighted by Gasteiger charge is 2.32. The van der Waals surface area contributed by atoms with Gasteiger partial charge >= 0.3 is 0 Å². The summed E-state index contributed by atoms with van der Waals surface area (Å²) in [6, 6.07) is 4.85. The highest BCUT2D eigenvalue weighted by molar-refractivity contribution is 7.92. The maximum Gasteiger partial charge on any atom is 0.262 e. The fraction of sp³-hybridized carbons (Fsp3) is 0.0588. The Balaban J connectivity index is 2.30. The molecule has 0 bridgehead atoms. The molecule has 0 aliphatic carbocycles. The Labute approximate surface area is 153 Å². The molecule has 3 aromatic rings. The van der Waals surface area contributed by atoms with E-state index in [1.54, 1.807) is 6.92 Å². The van der Waals surface area contributed by atoms with E-state index in [0.29, 0.717) is 5.56 Å². The van der Waals surface area contributed by atoms with Crippen LogP contribution in [0.2, 0.25) is 0 Å². The molecule has 0 heterocycles. The van der Waals surface area contributed by atoms with Gasteiger partial charge in [0.25, 0.3) is 10.0 Å². The Morgan fingerprint density at radius 1 is 0.643 bits per heavy atom. The van der Waals surface area contributed by atoms with Gasteiger partial charge < -0.3 is 0 Å². The number of nitrogens with one attached hydrogen (secondary N) is 1. The molecule has 3 nitrogen and oxygen atoms in total. The summed E-state index contributed by atoms with van der Waals surface area (Å²) in [5.74, 6) is -16.4. The van der Waals surface area contributed by atoms with E-state index in [9.17, 15) is 39.2 Å². The lowest BCUT2D eigenvalue weighted by Gasteiger charge is -2.14. The number of sulfonamides is 1. The number of anilines is 1. The van der Waals surface area contributed by atoms with Crippen LogP contribution in [0.15, 0.2) is 29.2 Å². The lowest BCUT2D eigenvalue weighted by atomic mass is 10.1. The third kappa shape index (κ3) is 2.95. The first-order valence-corrected chi connectivity index (χ1v) is 8.87. The van der Waals surface area contributed by atoms with Crippen LogP contribution in [0.4, 0.5) is 36.4 Å². The van der Waals surface area contributed by atoms with E-state index in [-0.39, 0.29) is 0 Å². The predicted octanol–water partition coefficient (Wildman–Crippen LogP) is 4.92. The van der Waals surface area contributed by atoms with Crippen molar-refractivity contribution < 1.29 is 39.2 Å². The molecule has 0 aromatic heterocycles. The highest BCUT2D eigenvalue weighted by atomic mass is 32.2. The second-order valence-corrected chi connectivity index (χ2v) is 7.42. The molecule has 148 valence electrons. The number of halogens is 7. The predicted molar refractivity (Wildman–Crippen MR) is 85.6 cm³/mol. The Morgan fingerprint density at radius 3 is 1.57 bits per heavy atom. The van der Waals surface area contributed by atoms with E-state index in [1.807, 2.05) is 0 Å². The maximum absolute atomic E-state index is 14.5. The summed E-state index contributed by atoms with van der Waals surface area (Å²) in [4.78, 5) is -0.477. The van der Waals surface area contributed by atoms with Crippen molar-refractivity contribution in [2.75, 3.05) is 4.72 Å². The minimum absolute atomic E-state index is 0.477. The molecular weight excluding hydrogens is 415 g/mol. The van der Waals surface area contributed by atoms with E-state index < -0.39 is 72.1 Å². The highest BCUT2D eigenvalue weighted by Crippen LogP contribution is 2.37. The summed E-state index contributed by atoms with van der Waals surface area (Å²) in [6.45, 7) is 1.63. The van der Waals surface area contributed by atoms with Crippen LogP contribution in [0.25, 0.3) is 10.8 Å². The maximum atomic E-state index is 14.5. The Bertz CT molecular complexity index is 1230. The molecule has 0 aliphatic rings. The van der Waals surface area contributed by atoms with Gasteiger partial charge in [-0.15, -0.1) is 0 Å². The van der Waals surface area contributed by atoms with Crippen LogP contribution in [-0.4, -0.2) is 8.42 Å². The van der Waals surface area contributed by atoms with Gasteiger partial charge in [0, 0.05) is 0 Å². The summed E-state index contributed by atoms with van der Waals surface area (Å²) in [6.07, 6.45) is 0. The molecule has 0 saturated carbocycles. The van der Waals surface area contributed by atoms with Crippen molar-refractivity contribution in [3.63, 3.8) is 0 Å². The van der Waals surface area contributed by atoms with Gasteiger partial charge in [-0.05, 0) is 19.1 Å². The molecule has 11 heteroatoms. The first kappa shape index (κ1) is 19.9. The van der Waals surface area contributed by atoms with Gasteiger partial charge in [0.2, 0.25) is 0 Å². The molecule has 0 atom stereocenters. The average Bonchev–Trinajstić information content (AvgIpc) is 2.65. The zero-order chi connectivity index (χ0) is 21.0. The molecule has 0 saturated heterocycles. The topological polar surface area (TPSA) is 46.2 Å². The molecule has 1 N–H and O–H groups in total. The standard InChI is InChI=1S/C17H8F7NO2S/c1-6-2-4-7(5-3-6)28(26,27)25-17-13(21)9-8(12(20)16(17)24)10(18)14(22)15(23)11(9)19/h2-5,25H,1H3. The van der Waals surface area contributed by atoms with Gasteiger partial charge in [-0.2, -0.15) is 0 Å². The second kappa shape index (κ2) is 6.66. The minimum atomic E-state index is -4.68. The third-order valence-electron chi connectivity index (χ3n) is 3.91. The van der Waals surface area contributed by atoms with Crippen molar-refractivity contribution >= 4 is 26.5 Å². The van der Waals surface area contributed by atoms with Crippen LogP contribution >= 0.6 is 0 Å². The lowest BCUT2D eigenvalue weighted by Crippen LogP contribution is -2.17. The Kier molecular flexibility index (Phi) is 4.74. The summed E-state index contributed by atoms with van der Waals surface area (Å²) in [5, 5.41) is -3.61. The van der Waals surface area contributed by atoms with E-state index in [1.165, 1.54) is 16.9 Å². The zero-order valence-electron chi connectivity index (χ0n) is 13.7. The fourth-order valence-electron chi connectivity index (χ4n) is 2.49. The molecule has 0 aliphatic heterocycles. The number of benzene rings is 3. The number of hydrogen-bond acceptors (Lipinski definition) is 2. The molecular formula is C17H8F7NO2S. The van der Waals surface area contributed by atoms with E-state index >= 15 is 0 Å². The molecule has 28 heavy (non-hydrogen) atoms. The number of aryl methyl sites for hydroxylation is 1. The van der Waals surface area contributed by atoms with Gasteiger partial charge in [0.15, 0.2) is 40.7 Å². The number of fused-ring (bicyclic) bond motifs is 1. The van der Waals surface area contributed by atoms with Crippen LogP contribution < -0.4 is 4.72 Å². The van der Waals surface area contributed by atoms with Crippen LogP contribution in [0.3, 0.4) is 0 Å². The van der Waals surface area contributed by atoms with Gasteiger partial charge in [-0.3, -0.25) is 4.72 Å². The number of rotatable bonds is 3. The summed E-state index contributed by atoms with van der Waals surface area (Å²) >= 11 is 0. The van der Waals surface area contributed by atoms with E-state index in [0.717, 1.165) is 12.1 Å². The zero-order valence-corrected chi connectivity index (χ0v) is 14.5. The van der Waals surface area contributed by atoms with Gasteiger partial charge in [-0.1, -0.05) is 17.7 Å². The molecule has 3 rings (SSSR count). The first-order chi connectivity index (χ1) is 13.0. The van der Waals surface area contributed by atoms with Crippen molar-refractivity contribution in [2.24, 2.45) is 0 Å². The van der Waals surface area contributed by atoms with Crippen molar-refractivity contribution in [3.05, 3.63) is 70.5 Å². The molecule has 0 spiro atoms.